The molecule has 0 spiro atoms. The average molecular weight is 493 g/mol. The maximum absolute atomic E-state index is 13.1. The highest BCUT2D eigenvalue weighted by atomic mass is 17.0. The zero-order chi connectivity index (χ0) is 26.1. The summed E-state index contributed by atoms with van der Waals surface area (Å²) in [5.74, 6) is -2.67. The smallest absolute Gasteiger partial charge is 0.336 e. The van der Waals surface area contributed by atoms with Crippen LogP contribution >= 0.6 is 0 Å². The highest BCUT2D eigenvalue weighted by Gasteiger charge is 2.38. The van der Waals surface area contributed by atoms with E-state index in [-0.39, 0.29) is 36.2 Å². The van der Waals surface area contributed by atoms with Crippen LogP contribution in [-0.4, -0.2) is 54.5 Å². The summed E-state index contributed by atoms with van der Waals surface area (Å²) in [6.45, 7) is 6.06. The van der Waals surface area contributed by atoms with E-state index in [4.69, 9.17) is 14.2 Å². The fourth-order valence-electron chi connectivity index (χ4n) is 3.51. The number of benzene rings is 1. The molecule has 0 radical (unpaired) electrons. The summed E-state index contributed by atoms with van der Waals surface area (Å²) in [6, 6.07) is 5.52. The van der Waals surface area contributed by atoms with Gasteiger partial charge in [-0.25, -0.2) is 9.59 Å². The molecule has 0 aromatic heterocycles. The first-order valence-electron chi connectivity index (χ1n) is 10.7. The van der Waals surface area contributed by atoms with Crippen LogP contribution in [0, 0.1) is 20.2 Å². The van der Waals surface area contributed by atoms with Crippen molar-refractivity contribution < 1.29 is 38.6 Å². The molecule has 0 bridgehead atoms. The minimum absolute atomic E-state index is 0.00239. The monoisotopic (exact) mass is 493 g/mol. The van der Waals surface area contributed by atoms with Crippen LogP contribution in [0.5, 0.6) is 0 Å². The van der Waals surface area contributed by atoms with Crippen LogP contribution in [0.25, 0.3) is 0 Å². The fraction of sp³-hybridized carbons (Fsp3) is 0.455. The summed E-state index contributed by atoms with van der Waals surface area (Å²) in [7, 11) is 0. The molecule has 0 saturated heterocycles. The molecule has 13 heteroatoms. The van der Waals surface area contributed by atoms with Gasteiger partial charge in [-0.05, 0) is 33.3 Å². The maximum Gasteiger partial charge on any atom is 0.336 e. The Balaban J connectivity index is 2.42. The summed E-state index contributed by atoms with van der Waals surface area (Å²) in [4.78, 5) is 51.3. The number of nitrogens with one attached hydrogen (secondary N) is 1. The van der Waals surface area contributed by atoms with Crippen molar-refractivity contribution in [3.63, 3.8) is 0 Å². The summed E-state index contributed by atoms with van der Waals surface area (Å²) in [5.41, 5.74) is 0.859. The van der Waals surface area contributed by atoms with Crippen LogP contribution < -0.4 is 5.32 Å². The number of hydrogen-bond donors (Lipinski definition) is 1. The number of nitrogens with zero attached hydrogens (tertiary/aromatic N) is 2. The standard InChI is InChI=1S/C22H27N3O10/c1-13(2)32-8-9-33-21(26)18-14(3)23-15(4)19(22(27)34-10-11-35-25(30)31)20(18)16-6-5-7-17(12-16)24(28)29/h5-7,12-13,20,23H,8-11H2,1-4H3. The van der Waals surface area contributed by atoms with Gasteiger partial charge in [0, 0.05) is 23.5 Å². The number of hydrogen-bond acceptors (Lipinski definition) is 11. The molecule has 1 unspecified atom stereocenters. The van der Waals surface area contributed by atoms with Crippen molar-refractivity contribution >= 4 is 17.6 Å². The van der Waals surface area contributed by atoms with Gasteiger partial charge < -0.3 is 24.4 Å². The van der Waals surface area contributed by atoms with Gasteiger partial charge in [-0.1, -0.05) is 12.1 Å². The highest BCUT2D eigenvalue weighted by molar-refractivity contribution is 6.00. The lowest BCUT2D eigenvalue weighted by Crippen LogP contribution is -2.33. The van der Waals surface area contributed by atoms with E-state index in [1.54, 1.807) is 19.9 Å². The summed E-state index contributed by atoms with van der Waals surface area (Å²) >= 11 is 0. The van der Waals surface area contributed by atoms with Gasteiger partial charge in [-0.2, -0.15) is 0 Å². The zero-order valence-corrected chi connectivity index (χ0v) is 19.8. The van der Waals surface area contributed by atoms with Crippen molar-refractivity contribution in [2.24, 2.45) is 0 Å². The lowest BCUT2D eigenvalue weighted by atomic mass is 9.80. The minimum Gasteiger partial charge on any atom is -0.460 e. The topological polar surface area (TPSA) is 169 Å². The number of nitro benzene ring substituents is 1. The number of rotatable bonds is 12. The molecule has 2 rings (SSSR count). The van der Waals surface area contributed by atoms with Crippen LogP contribution in [0.3, 0.4) is 0 Å². The molecule has 1 heterocycles. The molecular weight excluding hydrogens is 466 g/mol. The Kier molecular flexibility index (Phi) is 9.70. The number of carbonyl (C=O) groups is 2. The Hall–Kier alpha value is -4.00. The molecule has 1 N–H and O–H groups in total. The Labute approximate surface area is 200 Å². The second-order valence-electron chi connectivity index (χ2n) is 7.74. The van der Waals surface area contributed by atoms with Gasteiger partial charge in [0.2, 0.25) is 0 Å². The van der Waals surface area contributed by atoms with Crippen LogP contribution in [0.2, 0.25) is 0 Å². The van der Waals surface area contributed by atoms with Crippen molar-refractivity contribution in [1.82, 2.24) is 5.32 Å². The molecule has 190 valence electrons. The molecule has 35 heavy (non-hydrogen) atoms. The fourth-order valence-corrected chi connectivity index (χ4v) is 3.51. The van der Waals surface area contributed by atoms with Crippen LogP contribution in [0.4, 0.5) is 5.69 Å². The Morgan fingerprint density at radius 1 is 0.971 bits per heavy atom. The van der Waals surface area contributed by atoms with Crippen molar-refractivity contribution in [1.29, 1.82) is 0 Å². The number of ether oxygens (including phenoxy) is 3. The number of carbonyl (C=O) groups excluding carboxylic acids is 2. The predicted molar refractivity (Wildman–Crippen MR) is 120 cm³/mol. The van der Waals surface area contributed by atoms with E-state index in [9.17, 15) is 29.8 Å². The first-order chi connectivity index (χ1) is 16.5. The molecule has 1 aliphatic rings. The minimum atomic E-state index is -1.06. The normalized spacial score (nSPS) is 15.5. The first-order valence-corrected chi connectivity index (χ1v) is 10.7. The van der Waals surface area contributed by atoms with Gasteiger partial charge in [0.1, 0.15) is 19.8 Å². The Bertz CT molecular complexity index is 1050. The molecule has 1 atom stereocenters. The molecule has 0 aliphatic carbocycles. The van der Waals surface area contributed by atoms with E-state index in [1.807, 2.05) is 13.8 Å². The van der Waals surface area contributed by atoms with E-state index >= 15 is 0 Å². The SMILES string of the molecule is CC1=C(C(=O)OCCOC(C)C)C(c2cccc([N+](=O)[O-])c2)C(C(=O)OCCO[N+](=O)[O-])=C(C)N1. The number of dihydropyridines is 1. The molecule has 1 aromatic rings. The molecular formula is C22H27N3O10. The van der Waals surface area contributed by atoms with Crippen molar-refractivity contribution in [3.8, 4) is 0 Å². The average Bonchev–Trinajstić information content (AvgIpc) is 2.78. The van der Waals surface area contributed by atoms with Crippen molar-refractivity contribution in [3.05, 3.63) is 72.6 Å². The van der Waals surface area contributed by atoms with Gasteiger partial charge in [0.05, 0.1) is 34.7 Å². The Morgan fingerprint density at radius 2 is 1.54 bits per heavy atom. The van der Waals surface area contributed by atoms with Crippen LogP contribution in [0.15, 0.2) is 46.8 Å². The Morgan fingerprint density at radius 3 is 2.06 bits per heavy atom. The van der Waals surface area contributed by atoms with Crippen molar-refractivity contribution in [2.75, 3.05) is 26.4 Å². The van der Waals surface area contributed by atoms with E-state index in [2.05, 4.69) is 10.2 Å². The third-order valence-corrected chi connectivity index (χ3v) is 4.90. The van der Waals surface area contributed by atoms with Crippen LogP contribution in [0.1, 0.15) is 39.2 Å². The van der Waals surface area contributed by atoms with Gasteiger partial charge in [0.15, 0.2) is 0 Å². The van der Waals surface area contributed by atoms with E-state index in [0.717, 1.165) is 0 Å². The number of non-ortho nitro benzene ring substituents is 1. The lowest BCUT2D eigenvalue weighted by molar-refractivity contribution is -0.757. The van der Waals surface area contributed by atoms with E-state index in [0.29, 0.717) is 17.0 Å². The zero-order valence-electron chi connectivity index (χ0n) is 19.8. The second kappa shape index (κ2) is 12.5. The summed E-state index contributed by atoms with van der Waals surface area (Å²) in [5, 5.41) is 23.6. The van der Waals surface area contributed by atoms with Gasteiger partial charge in [0.25, 0.3) is 10.8 Å². The van der Waals surface area contributed by atoms with E-state index in [1.165, 1.54) is 18.2 Å². The molecule has 13 nitrogen and oxygen atoms in total. The number of nitro groups is 1. The highest BCUT2D eigenvalue weighted by Crippen LogP contribution is 2.40. The van der Waals surface area contributed by atoms with Crippen LogP contribution in [-0.2, 0) is 28.6 Å². The summed E-state index contributed by atoms with van der Waals surface area (Å²) in [6.07, 6.45) is -0.0603. The molecule has 0 amide bonds. The van der Waals surface area contributed by atoms with Gasteiger partial charge >= 0.3 is 11.9 Å². The lowest BCUT2D eigenvalue weighted by Gasteiger charge is -2.30. The third kappa shape index (κ3) is 7.50. The van der Waals surface area contributed by atoms with Crippen molar-refractivity contribution in [2.45, 2.75) is 39.7 Å². The third-order valence-electron chi connectivity index (χ3n) is 4.90. The maximum atomic E-state index is 13.1. The largest absolute Gasteiger partial charge is 0.460 e. The first kappa shape index (κ1) is 27.2. The van der Waals surface area contributed by atoms with Gasteiger partial charge in [-0.3, -0.25) is 10.1 Å². The quantitative estimate of drug-likeness (QED) is 0.196. The van der Waals surface area contributed by atoms with Gasteiger partial charge in [-0.15, -0.1) is 10.1 Å². The number of allylic oxidation sites excluding steroid dienone is 2. The predicted octanol–water partition coefficient (Wildman–Crippen LogP) is 2.55. The summed E-state index contributed by atoms with van der Waals surface area (Å²) < 4.78 is 15.9. The molecule has 0 fully saturated rings. The van der Waals surface area contributed by atoms with E-state index < -0.39 is 41.1 Å². The number of esters is 2. The molecule has 1 aliphatic heterocycles. The second-order valence-corrected chi connectivity index (χ2v) is 7.74. The molecule has 0 saturated carbocycles. The molecule has 1 aromatic carbocycles.